The van der Waals surface area contributed by atoms with Crippen LogP contribution in [0.15, 0.2) is 6.07 Å². The van der Waals surface area contributed by atoms with Gasteiger partial charge in [-0.3, -0.25) is 4.90 Å². The Balaban J connectivity index is 1.63. The van der Waals surface area contributed by atoms with Gasteiger partial charge in [-0.2, -0.15) is 4.98 Å². The van der Waals surface area contributed by atoms with Gasteiger partial charge in [0.1, 0.15) is 0 Å². The molecule has 0 bridgehead atoms. The Hall–Kier alpha value is -1.24. The Morgan fingerprint density at radius 2 is 1.83 bits per heavy atom. The van der Waals surface area contributed by atoms with Crippen LogP contribution < -0.4 is 15.4 Å². The summed E-state index contributed by atoms with van der Waals surface area (Å²) in [5, 5.41) is 0.598. The topological polar surface area (TPSA) is 57.9 Å². The molecule has 0 aromatic carbocycles. The van der Waals surface area contributed by atoms with Crippen molar-refractivity contribution in [3.63, 3.8) is 0 Å². The van der Waals surface area contributed by atoms with E-state index in [1.165, 1.54) is 26.2 Å². The number of ether oxygens (including phenoxy) is 1. The molecule has 0 saturated carbocycles. The Bertz CT molecular complexity index is 540. The zero-order valence-electron chi connectivity index (χ0n) is 14.0. The first kappa shape index (κ1) is 16.6. The van der Waals surface area contributed by atoms with Gasteiger partial charge in [0.2, 0.25) is 5.88 Å². The van der Waals surface area contributed by atoms with Gasteiger partial charge in [0.15, 0.2) is 5.82 Å². The number of anilines is 2. The van der Waals surface area contributed by atoms with E-state index in [1.807, 2.05) is 0 Å². The number of nitrogens with zero attached hydrogens (tertiary/aromatic N) is 4. The van der Waals surface area contributed by atoms with Crippen LogP contribution in [-0.4, -0.2) is 74.3 Å². The maximum absolute atomic E-state index is 6.34. The third-order valence-electron chi connectivity index (χ3n) is 4.96. The number of piperazine rings is 1. The summed E-state index contributed by atoms with van der Waals surface area (Å²) in [7, 11) is 3.78. The van der Waals surface area contributed by atoms with Crippen LogP contribution in [0.5, 0.6) is 5.88 Å². The van der Waals surface area contributed by atoms with Crippen molar-refractivity contribution in [3.8, 4) is 5.88 Å². The quantitative estimate of drug-likeness (QED) is 0.901. The Labute approximate surface area is 143 Å². The Morgan fingerprint density at radius 1 is 1.17 bits per heavy atom. The molecule has 3 heterocycles. The first-order valence-corrected chi connectivity index (χ1v) is 8.64. The number of halogens is 1. The van der Waals surface area contributed by atoms with Crippen LogP contribution in [0.1, 0.15) is 12.8 Å². The SMILES string of the molecule is COc1nc(N2CCC(N3CCN(C)CC3)CC2)c(Cl)cc1N. The molecule has 0 radical (unpaired) electrons. The monoisotopic (exact) mass is 339 g/mol. The highest BCUT2D eigenvalue weighted by atomic mass is 35.5. The number of nitrogens with two attached hydrogens (primary N) is 1. The van der Waals surface area contributed by atoms with Gasteiger partial charge in [-0.05, 0) is 26.0 Å². The summed E-state index contributed by atoms with van der Waals surface area (Å²) in [6.45, 7) is 6.63. The van der Waals surface area contributed by atoms with Crippen LogP contribution >= 0.6 is 11.6 Å². The van der Waals surface area contributed by atoms with Gasteiger partial charge in [0.05, 0.1) is 17.8 Å². The molecule has 6 nitrogen and oxygen atoms in total. The summed E-state index contributed by atoms with van der Waals surface area (Å²) in [4.78, 5) is 11.8. The number of piperidine rings is 1. The van der Waals surface area contributed by atoms with E-state index in [-0.39, 0.29) is 0 Å². The van der Waals surface area contributed by atoms with E-state index in [2.05, 4.69) is 26.7 Å². The molecule has 1 aromatic heterocycles. The van der Waals surface area contributed by atoms with E-state index < -0.39 is 0 Å². The van der Waals surface area contributed by atoms with Crippen LogP contribution in [0.3, 0.4) is 0 Å². The fourth-order valence-electron chi connectivity index (χ4n) is 3.49. The van der Waals surface area contributed by atoms with Crippen molar-refractivity contribution in [2.45, 2.75) is 18.9 Å². The molecule has 2 saturated heterocycles. The summed E-state index contributed by atoms with van der Waals surface area (Å²) in [5.41, 5.74) is 6.34. The van der Waals surface area contributed by atoms with Crippen molar-refractivity contribution in [1.29, 1.82) is 0 Å². The summed E-state index contributed by atoms with van der Waals surface area (Å²) >= 11 is 6.34. The minimum absolute atomic E-state index is 0.450. The van der Waals surface area contributed by atoms with Gasteiger partial charge in [0.25, 0.3) is 0 Å². The van der Waals surface area contributed by atoms with E-state index in [1.54, 1.807) is 13.2 Å². The van der Waals surface area contributed by atoms with Crippen LogP contribution in [0, 0.1) is 0 Å². The number of aromatic nitrogens is 1. The average Bonchev–Trinajstić information content (AvgIpc) is 2.56. The number of likely N-dealkylation sites (N-methyl/N-ethyl adjacent to an activating group) is 1. The van der Waals surface area contributed by atoms with Crippen molar-refractivity contribution >= 4 is 23.1 Å². The van der Waals surface area contributed by atoms with Crippen LogP contribution in [0.25, 0.3) is 0 Å². The molecule has 0 spiro atoms. The molecule has 1 aromatic rings. The second-order valence-electron chi connectivity index (χ2n) is 6.45. The summed E-state index contributed by atoms with van der Waals surface area (Å²) in [5.74, 6) is 1.24. The van der Waals surface area contributed by atoms with Crippen LogP contribution in [0.2, 0.25) is 5.02 Å². The molecular weight excluding hydrogens is 314 g/mol. The normalized spacial score (nSPS) is 21.6. The highest BCUT2D eigenvalue weighted by Crippen LogP contribution is 2.33. The molecular formula is C16H26ClN5O. The van der Waals surface area contributed by atoms with Crippen molar-refractivity contribution < 1.29 is 4.74 Å². The lowest BCUT2D eigenvalue weighted by atomic mass is 10.0. The minimum atomic E-state index is 0.450. The molecule has 2 N–H and O–H groups in total. The first-order valence-electron chi connectivity index (χ1n) is 8.26. The fraction of sp³-hybridized carbons (Fsp3) is 0.688. The van der Waals surface area contributed by atoms with Gasteiger partial charge in [-0.1, -0.05) is 11.6 Å². The predicted octanol–water partition coefficient (Wildman–Crippen LogP) is 1.54. The maximum Gasteiger partial charge on any atom is 0.238 e. The van der Waals surface area contributed by atoms with Gasteiger partial charge in [-0.15, -0.1) is 0 Å². The van der Waals surface area contributed by atoms with Crippen molar-refractivity contribution in [3.05, 3.63) is 11.1 Å². The summed E-state index contributed by atoms with van der Waals surface area (Å²) < 4.78 is 5.22. The van der Waals surface area contributed by atoms with E-state index >= 15 is 0 Å². The number of methoxy groups -OCH3 is 1. The zero-order valence-corrected chi connectivity index (χ0v) is 14.7. The summed E-state index contributed by atoms with van der Waals surface area (Å²) in [6.07, 6.45) is 2.29. The number of nitrogen functional groups attached to an aromatic ring is 1. The number of pyridine rings is 1. The fourth-order valence-corrected chi connectivity index (χ4v) is 3.77. The van der Waals surface area contributed by atoms with E-state index in [4.69, 9.17) is 22.1 Å². The smallest absolute Gasteiger partial charge is 0.238 e. The lowest BCUT2D eigenvalue weighted by Gasteiger charge is -2.42. The van der Waals surface area contributed by atoms with Crippen molar-refractivity contribution in [1.82, 2.24) is 14.8 Å². The third-order valence-corrected chi connectivity index (χ3v) is 5.24. The lowest BCUT2D eigenvalue weighted by Crippen LogP contribution is -2.52. The van der Waals surface area contributed by atoms with E-state index in [0.29, 0.717) is 22.6 Å². The molecule has 23 heavy (non-hydrogen) atoms. The Kier molecular flexibility index (Phi) is 5.14. The third kappa shape index (κ3) is 3.65. The van der Waals surface area contributed by atoms with Gasteiger partial charge < -0.3 is 20.3 Å². The van der Waals surface area contributed by atoms with Gasteiger partial charge >= 0.3 is 0 Å². The number of rotatable bonds is 3. The highest BCUT2D eigenvalue weighted by molar-refractivity contribution is 6.33. The largest absolute Gasteiger partial charge is 0.479 e. The molecule has 3 rings (SSSR count). The van der Waals surface area contributed by atoms with Crippen LogP contribution in [0.4, 0.5) is 11.5 Å². The molecule has 0 atom stereocenters. The zero-order chi connectivity index (χ0) is 16.4. The second-order valence-corrected chi connectivity index (χ2v) is 6.86. The van der Waals surface area contributed by atoms with Crippen LogP contribution in [-0.2, 0) is 0 Å². The minimum Gasteiger partial charge on any atom is -0.479 e. The number of hydrogen-bond donors (Lipinski definition) is 1. The van der Waals surface area contributed by atoms with E-state index in [0.717, 1.165) is 31.7 Å². The average molecular weight is 340 g/mol. The number of hydrogen-bond acceptors (Lipinski definition) is 6. The van der Waals surface area contributed by atoms with Gasteiger partial charge in [0, 0.05) is 45.3 Å². The maximum atomic E-state index is 6.34. The molecule has 2 aliphatic heterocycles. The van der Waals surface area contributed by atoms with E-state index in [9.17, 15) is 0 Å². The molecule has 7 heteroatoms. The predicted molar refractivity (Wildman–Crippen MR) is 94.5 cm³/mol. The molecule has 0 amide bonds. The molecule has 0 unspecified atom stereocenters. The highest BCUT2D eigenvalue weighted by Gasteiger charge is 2.28. The first-order chi connectivity index (χ1) is 11.1. The standard InChI is InChI=1S/C16H26ClN5O/c1-20-7-9-21(10-8-20)12-3-5-22(6-4-12)15-13(17)11-14(18)16(19-15)23-2/h11-12H,3-10,18H2,1-2H3. The molecule has 128 valence electrons. The second kappa shape index (κ2) is 7.11. The van der Waals surface area contributed by atoms with Crippen molar-refractivity contribution in [2.75, 3.05) is 64.1 Å². The molecule has 0 aliphatic carbocycles. The van der Waals surface area contributed by atoms with Crippen molar-refractivity contribution in [2.24, 2.45) is 0 Å². The Morgan fingerprint density at radius 3 is 2.43 bits per heavy atom. The lowest BCUT2D eigenvalue weighted by molar-refractivity contribution is 0.0981. The summed E-state index contributed by atoms with van der Waals surface area (Å²) in [6, 6.07) is 2.41. The molecule has 2 fully saturated rings. The van der Waals surface area contributed by atoms with Gasteiger partial charge in [-0.25, -0.2) is 0 Å². The molecule has 2 aliphatic rings.